The van der Waals surface area contributed by atoms with Crippen molar-refractivity contribution in [2.75, 3.05) is 5.73 Å². The second kappa shape index (κ2) is 9.04. The molecule has 2 atom stereocenters. The summed E-state index contributed by atoms with van der Waals surface area (Å²) >= 11 is 12.3. The molecule has 0 spiro atoms. The number of anilines is 1. The Hall–Kier alpha value is -4.48. The number of nitrogens with one attached hydrogen (secondary N) is 1. The molecule has 200 valence electrons. The number of halogens is 3. The van der Waals surface area contributed by atoms with Crippen LogP contribution < -0.4 is 11.3 Å². The van der Waals surface area contributed by atoms with Crippen molar-refractivity contribution in [3.8, 4) is 28.1 Å². The zero-order valence-corrected chi connectivity index (χ0v) is 22.3. The second-order valence-electron chi connectivity index (χ2n) is 9.77. The molecule has 2 aromatic carbocycles. The molecule has 1 aliphatic heterocycles. The lowest BCUT2D eigenvalue weighted by atomic mass is 10.00. The number of aromatic nitrogens is 7. The van der Waals surface area contributed by atoms with Crippen LogP contribution in [0.1, 0.15) is 24.5 Å². The normalized spacial score (nSPS) is 16.6. The van der Waals surface area contributed by atoms with Crippen molar-refractivity contribution >= 4 is 40.0 Å². The van der Waals surface area contributed by atoms with Crippen LogP contribution in [-0.2, 0) is 6.42 Å². The van der Waals surface area contributed by atoms with Crippen LogP contribution in [0.4, 0.5) is 10.2 Å². The third-order valence-corrected chi connectivity index (χ3v) is 7.66. The summed E-state index contributed by atoms with van der Waals surface area (Å²) in [6, 6.07) is 11.7. The largest absolute Gasteiger partial charge is 0.380 e. The number of pyridine rings is 1. The fourth-order valence-corrected chi connectivity index (χ4v) is 5.77. The number of rotatable bonds is 4. The Morgan fingerprint density at radius 2 is 2.00 bits per heavy atom. The van der Waals surface area contributed by atoms with Crippen molar-refractivity contribution in [3.63, 3.8) is 0 Å². The maximum Gasteiger partial charge on any atom is 0.252 e. The SMILES string of the molecule is C[C@H]1Cc2cc(-c3cc(Cl)ccc3-n3cc(Cl)nn3)cc(=O)n2[C@@H]1c1ncc(-c2ccc3c(N)noc3c2F)[nH]1. The molecule has 6 aromatic rings. The van der Waals surface area contributed by atoms with Gasteiger partial charge in [-0.1, -0.05) is 40.5 Å². The van der Waals surface area contributed by atoms with Crippen LogP contribution in [0.15, 0.2) is 64.2 Å². The minimum absolute atomic E-state index is 0.0250. The number of fused-ring (bicyclic) bond motifs is 2. The predicted molar refractivity (Wildman–Crippen MR) is 148 cm³/mol. The zero-order chi connectivity index (χ0) is 27.7. The molecule has 0 bridgehead atoms. The number of aromatic amines is 1. The Balaban J connectivity index is 1.29. The molecule has 0 saturated carbocycles. The highest BCUT2D eigenvalue weighted by Crippen LogP contribution is 2.38. The number of nitrogens with zero attached hydrogens (tertiary/aromatic N) is 6. The number of hydrogen-bond donors (Lipinski definition) is 2. The van der Waals surface area contributed by atoms with Crippen LogP contribution in [0.5, 0.6) is 0 Å². The monoisotopic (exact) mass is 576 g/mol. The van der Waals surface area contributed by atoms with Crippen LogP contribution >= 0.6 is 23.2 Å². The van der Waals surface area contributed by atoms with E-state index >= 15 is 4.39 Å². The van der Waals surface area contributed by atoms with Gasteiger partial charge in [-0.05, 0) is 54.3 Å². The van der Waals surface area contributed by atoms with Crippen molar-refractivity contribution in [2.24, 2.45) is 5.92 Å². The van der Waals surface area contributed by atoms with Gasteiger partial charge >= 0.3 is 0 Å². The van der Waals surface area contributed by atoms with E-state index in [9.17, 15) is 4.79 Å². The molecular formula is C27H19Cl2FN8O2. The molecule has 13 heteroatoms. The molecule has 0 amide bonds. The summed E-state index contributed by atoms with van der Waals surface area (Å²) in [5.41, 5.74) is 9.15. The summed E-state index contributed by atoms with van der Waals surface area (Å²) in [5.74, 6) is 0.116. The Kier molecular flexibility index (Phi) is 5.55. The summed E-state index contributed by atoms with van der Waals surface area (Å²) in [6.45, 7) is 2.05. The van der Waals surface area contributed by atoms with Gasteiger partial charge < -0.3 is 19.8 Å². The number of nitrogens with two attached hydrogens (primary N) is 1. The molecule has 0 aliphatic carbocycles. The first-order chi connectivity index (χ1) is 19.3. The Bertz CT molecular complexity index is 2010. The quantitative estimate of drug-likeness (QED) is 0.285. The van der Waals surface area contributed by atoms with Crippen molar-refractivity contribution in [3.05, 3.63) is 92.7 Å². The van der Waals surface area contributed by atoms with E-state index in [1.165, 1.54) is 4.68 Å². The molecule has 0 saturated heterocycles. The Morgan fingerprint density at radius 1 is 1.15 bits per heavy atom. The molecule has 10 nitrogen and oxygen atoms in total. The van der Waals surface area contributed by atoms with E-state index in [0.717, 1.165) is 5.69 Å². The van der Waals surface area contributed by atoms with E-state index in [1.54, 1.807) is 53.4 Å². The van der Waals surface area contributed by atoms with Crippen LogP contribution in [0.3, 0.4) is 0 Å². The minimum atomic E-state index is -0.593. The van der Waals surface area contributed by atoms with E-state index in [0.29, 0.717) is 45.2 Å². The molecule has 0 radical (unpaired) electrons. The van der Waals surface area contributed by atoms with Gasteiger partial charge in [0.1, 0.15) is 5.82 Å². The third-order valence-electron chi connectivity index (χ3n) is 7.25. The van der Waals surface area contributed by atoms with Crippen molar-refractivity contribution in [1.29, 1.82) is 0 Å². The summed E-state index contributed by atoms with van der Waals surface area (Å²) in [7, 11) is 0. The zero-order valence-electron chi connectivity index (χ0n) is 20.8. The fourth-order valence-electron chi connectivity index (χ4n) is 5.47. The standard InChI is InChI=1S/C27H19Cl2FN8O2/c1-12-6-15-7-13(18-9-14(28)2-5-20(18)37-11-21(29)34-36-37)8-22(39)38(15)24(12)27-32-10-19(33-27)16-3-4-17-25(23(16)30)40-35-26(17)31/h2-5,7-12,24H,6H2,1H3,(H2,31,35)(H,32,33)/t12-,24-/m0/s1. The molecular weight excluding hydrogens is 558 g/mol. The molecule has 7 rings (SSSR count). The van der Waals surface area contributed by atoms with Gasteiger partial charge in [-0.2, -0.15) is 0 Å². The van der Waals surface area contributed by atoms with E-state index in [4.69, 9.17) is 33.5 Å². The summed E-state index contributed by atoms with van der Waals surface area (Å²) in [5, 5.41) is 12.7. The number of imidazole rings is 1. The average Bonchev–Trinajstić information content (AvgIpc) is 3.71. The molecule has 1 aliphatic rings. The van der Waals surface area contributed by atoms with Crippen LogP contribution in [0.2, 0.25) is 10.2 Å². The van der Waals surface area contributed by atoms with Crippen molar-refractivity contribution < 1.29 is 8.91 Å². The van der Waals surface area contributed by atoms with E-state index in [1.807, 2.05) is 13.0 Å². The number of hydrogen-bond acceptors (Lipinski definition) is 7. The summed E-state index contributed by atoms with van der Waals surface area (Å²) < 4.78 is 23.5. The van der Waals surface area contributed by atoms with Gasteiger partial charge in [0.25, 0.3) is 5.56 Å². The minimum Gasteiger partial charge on any atom is -0.380 e. The lowest BCUT2D eigenvalue weighted by Crippen LogP contribution is -2.25. The molecule has 3 N–H and O–H groups in total. The summed E-state index contributed by atoms with van der Waals surface area (Å²) in [4.78, 5) is 21.3. The van der Waals surface area contributed by atoms with Gasteiger partial charge in [0.2, 0.25) is 5.58 Å². The van der Waals surface area contributed by atoms with Crippen LogP contribution in [0, 0.1) is 11.7 Å². The van der Waals surface area contributed by atoms with Gasteiger partial charge in [0.15, 0.2) is 16.8 Å². The van der Waals surface area contributed by atoms with Gasteiger partial charge in [-0.3, -0.25) is 4.79 Å². The number of H-pyrrole nitrogens is 1. The molecule has 5 heterocycles. The smallest absolute Gasteiger partial charge is 0.252 e. The van der Waals surface area contributed by atoms with E-state index < -0.39 is 5.82 Å². The average molecular weight is 577 g/mol. The van der Waals surface area contributed by atoms with Crippen LogP contribution in [-0.4, -0.2) is 34.7 Å². The first kappa shape index (κ1) is 24.6. The highest BCUT2D eigenvalue weighted by molar-refractivity contribution is 6.31. The molecule has 0 unspecified atom stereocenters. The van der Waals surface area contributed by atoms with E-state index in [-0.39, 0.29) is 39.6 Å². The van der Waals surface area contributed by atoms with Crippen molar-refractivity contribution in [2.45, 2.75) is 19.4 Å². The van der Waals surface area contributed by atoms with Crippen LogP contribution in [0.25, 0.3) is 39.0 Å². The van der Waals surface area contributed by atoms with Gasteiger partial charge in [0, 0.05) is 27.9 Å². The number of benzene rings is 2. The molecule has 4 aromatic heterocycles. The van der Waals surface area contributed by atoms with Gasteiger partial charge in [-0.15, -0.1) is 5.10 Å². The third kappa shape index (κ3) is 3.81. The second-order valence-corrected chi connectivity index (χ2v) is 10.6. The molecule has 40 heavy (non-hydrogen) atoms. The Morgan fingerprint density at radius 3 is 2.80 bits per heavy atom. The predicted octanol–water partition coefficient (Wildman–Crippen LogP) is 5.44. The lowest BCUT2D eigenvalue weighted by Gasteiger charge is -2.17. The van der Waals surface area contributed by atoms with Crippen molar-refractivity contribution in [1.82, 2.24) is 34.7 Å². The van der Waals surface area contributed by atoms with E-state index in [2.05, 4.69) is 25.4 Å². The topological polar surface area (TPSA) is 133 Å². The first-order valence-electron chi connectivity index (χ1n) is 12.3. The lowest BCUT2D eigenvalue weighted by molar-refractivity contribution is 0.444. The maximum absolute atomic E-state index is 15.2. The highest BCUT2D eigenvalue weighted by atomic mass is 35.5. The summed E-state index contributed by atoms with van der Waals surface area (Å²) in [6.07, 6.45) is 3.76. The maximum atomic E-state index is 15.2. The fraction of sp³-hybridized carbons (Fsp3) is 0.148. The first-order valence-corrected chi connectivity index (χ1v) is 13.1. The van der Waals surface area contributed by atoms with Gasteiger partial charge in [0.05, 0.1) is 35.2 Å². The molecule has 0 fully saturated rings. The number of nitrogen functional groups attached to an aromatic ring is 1. The Labute approximate surface area is 235 Å². The van der Waals surface area contributed by atoms with Gasteiger partial charge in [-0.25, -0.2) is 14.1 Å². The highest BCUT2D eigenvalue weighted by Gasteiger charge is 2.34.